The molecule has 1 heterocycles. The summed E-state index contributed by atoms with van der Waals surface area (Å²) >= 11 is 0. The molecule has 0 bridgehead atoms. The van der Waals surface area contributed by atoms with Crippen molar-refractivity contribution in [3.63, 3.8) is 0 Å². The molecule has 0 aliphatic heterocycles. The minimum atomic E-state index is -0.455. The Morgan fingerprint density at radius 2 is 2.10 bits per heavy atom. The van der Waals surface area contributed by atoms with E-state index >= 15 is 0 Å². The number of aromatic nitrogens is 2. The van der Waals surface area contributed by atoms with Gasteiger partial charge in [0.1, 0.15) is 17.3 Å². The fourth-order valence-corrected chi connectivity index (χ4v) is 1.92. The Balaban J connectivity index is 2.11. The zero-order valence-electron chi connectivity index (χ0n) is 11.9. The highest BCUT2D eigenvalue weighted by molar-refractivity contribution is 5.92. The maximum atomic E-state index is 13.7. The number of nitrogens with zero attached hydrogens (tertiary/aromatic N) is 2. The van der Waals surface area contributed by atoms with Gasteiger partial charge >= 0.3 is 0 Å². The van der Waals surface area contributed by atoms with Gasteiger partial charge < -0.3 is 10.6 Å². The van der Waals surface area contributed by atoms with Crippen LogP contribution in [-0.4, -0.2) is 22.4 Å². The summed E-state index contributed by atoms with van der Waals surface area (Å²) in [6.07, 6.45) is 2.92. The quantitative estimate of drug-likeness (QED) is 0.887. The van der Waals surface area contributed by atoms with Crippen LogP contribution < -0.4 is 10.6 Å². The lowest BCUT2D eigenvalue weighted by atomic mass is 10.1. The summed E-state index contributed by atoms with van der Waals surface area (Å²) in [5.74, 6) is -0.209. The van der Waals surface area contributed by atoms with Gasteiger partial charge in [-0.05, 0) is 19.9 Å². The Bertz CT molecular complexity index is 633. The number of amides is 1. The Kier molecular flexibility index (Phi) is 4.81. The van der Waals surface area contributed by atoms with Gasteiger partial charge in [0, 0.05) is 12.1 Å². The van der Waals surface area contributed by atoms with Crippen LogP contribution in [0.4, 0.5) is 10.2 Å². The van der Waals surface area contributed by atoms with Gasteiger partial charge in [0.2, 0.25) is 0 Å². The average Bonchev–Trinajstić information content (AvgIpc) is 2.48. The number of hydrogen-bond donors (Lipinski definition) is 2. The molecule has 6 heteroatoms. The van der Waals surface area contributed by atoms with Crippen LogP contribution in [0.25, 0.3) is 0 Å². The first-order valence-corrected chi connectivity index (χ1v) is 6.73. The molecule has 5 nitrogen and oxygen atoms in total. The molecular weight excluding hydrogens is 271 g/mol. The van der Waals surface area contributed by atoms with E-state index in [1.165, 1.54) is 12.3 Å². The van der Waals surface area contributed by atoms with Gasteiger partial charge in [0.05, 0.1) is 18.4 Å². The number of nitrogens with one attached hydrogen (secondary N) is 2. The van der Waals surface area contributed by atoms with Crippen LogP contribution in [0.2, 0.25) is 0 Å². The molecule has 2 rings (SSSR count). The largest absolute Gasteiger partial charge is 0.369 e. The van der Waals surface area contributed by atoms with E-state index in [1.807, 2.05) is 6.92 Å². The van der Waals surface area contributed by atoms with Gasteiger partial charge in [-0.2, -0.15) is 0 Å². The Morgan fingerprint density at radius 1 is 1.33 bits per heavy atom. The second-order valence-electron chi connectivity index (χ2n) is 4.54. The van der Waals surface area contributed by atoms with Crippen LogP contribution in [0.15, 0.2) is 36.7 Å². The molecule has 21 heavy (non-hydrogen) atoms. The summed E-state index contributed by atoms with van der Waals surface area (Å²) in [6.45, 7) is 4.33. The molecule has 1 unspecified atom stereocenters. The second kappa shape index (κ2) is 6.78. The third-order valence-corrected chi connectivity index (χ3v) is 2.94. The summed E-state index contributed by atoms with van der Waals surface area (Å²) in [5.41, 5.74) is 0.623. The molecule has 110 valence electrons. The van der Waals surface area contributed by atoms with E-state index in [-0.39, 0.29) is 11.5 Å². The lowest BCUT2D eigenvalue weighted by Gasteiger charge is -2.14. The number of anilines is 1. The molecule has 1 atom stereocenters. The summed E-state index contributed by atoms with van der Waals surface area (Å²) in [6, 6.07) is 5.89. The zero-order chi connectivity index (χ0) is 15.2. The van der Waals surface area contributed by atoms with Crippen molar-refractivity contribution in [1.82, 2.24) is 15.3 Å². The van der Waals surface area contributed by atoms with E-state index in [9.17, 15) is 9.18 Å². The van der Waals surface area contributed by atoms with Crippen LogP contribution in [0.1, 0.15) is 35.9 Å². The molecule has 0 fully saturated rings. The van der Waals surface area contributed by atoms with Crippen molar-refractivity contribution < 1.29 is 9.18 Å². The smallest absolute Gasteiger partial charge is 0.272 e. The van der Waals surface area contributed by atoms with E-state index in [2.05, 4.69) is 20.6 Å². The first kappa shape index (κ1) is 14.9. The van der Waals surface area contributed by atoms with Crippen LogP contribution in [0.3, 0.4) is 0 Å². The van der Waals surface area contributed by atoms with Crippen molar-refractivity contribution in [2.45, 2.75) is 19.9 Å². The fourth-order valence-electron chi connectivity index (χ4n) is 1.92. The molecule has 0 aliphatic carbocycles. The Labute approximate surface area is 122 Å². The van der Waals surface area contributed by atoms with Crippen molar-refractivity contribution in [1.29, 1.82) is 0 Å². The molecule has 1 amide bonds. The number of carbonyl (C=O) groups excluding carboxylic acids is 1. The predicted octanol–water partition coefficient (Wildman–Crippen LogP) is 2.54. The van der Waals surface area contributed by atoms with Crippen LogP contribution in [-0.2, 0) is 0 Å². The summed E-state index contributed by atoms with van der Waals surface area (Å²) in [4.78, 5) is 20.2. The van der Waals surface area contributed by atoms with E-state index in [1.54, 1.807) is 31.3 Å². The molecule has 2 aromatic rings. The van der Waals surface area contributed by atoms with Gasteiger partial charge in [-0.25, -0.2) is 9.37 Å². The highest BCUT2D eigenvalue weighted by Gasteiger charge is 2.15. The maximum absolute atomic E-state index is 13.7. The first-order chi connectivity index (χ1) is 10.1. The standard InChI is InChI=1S/C15H17FN4O/c1-3-18-14-9-17-8-13(20-14)15(21)19-10(2)11-6-4-5-7-12(11)16/h4-10H,3H2,1-2H3,(H,18,20)(H,19,21). The van der Waals surface area contributed by atoms with Gasteiger partial charge in [-0.3, -0.25) is 9.78 Å². The van der Waals surface area contributed by atoms with E-state index in [0.717, 1.165) is 0 Å². The van der Waals surface area contributed by atoms with Crippen molar-refractivity contribution >= 4 is 11.7 Å². The highest BCUT2D eigenvalue weighted by atomic mass is 19.1. The molecule has 0 saturated heterocycles. The van der Waals surface area contributed by atoms with Crippen molar-refractivity contribution in [3.05, 3.63) is 53.7 Å². The number of hydrogen-bond acceptors (Lipinski definition) is 4. The SMILES string of the molecule is CCNc1cncc(C(=O)NC(C)c2ccccc2F)n1. The molecule has 0 radical (unpaired) electrons. The Morgan fingerprint density at radius 3 is 2.81 bits per heavy atom. The Hall–Kier alpha value is -2.50. The topological polar surface area (TPSA) is 66.9 Å². The summed E-state index contributed by atoms with van der Waals surface area (Å²) in [7, 11) is 0. The number of carbonyl (C=O) groups is 1. The monoisotopic (exact) mass is 288 g/mol. The summed E-state index contributed by atoms with van der Waals surface area (Å²) in [5, 5.41) is 5.70. The highest BCUT2D eigenvalue weighted by Crippen LogP contribution is 2.16. The normalized spacial score (nSPS) is 11.8. The van der Waals surface area contributed by atoms with Crippen LogP contribution >= 0.6 is 0 Å². The predicted molar refractivity (Wildman–Crippen MR) is 78.5 cm³/mol. The van der Waals surface area contributed by atoms with Crippen molar-refractivity contribution in [2.24, 2.45) is 0 Å². The van der Waals surface area contributed by atoms with E-state index < -0.39 is 11.9 Å². The van der Waals surface area contributed by atoms with Crippen LogP contribution in [0.5, 0.6) is 0 Å². The minimum Gasteiger partial charge on any atom is -0.369 e. The molecule has 0 aliphatic rings. The van der Waals surface area contributed by atoms with Crippen molar-refractivity contribution in [2.75, 3.05) is 11.9 Å². The zero-order valence-corrected chi connectivity index (χ0v) is 11.9. The number of benzene rings is 1. The third-order valence-electron chi connectivity index (χ3n) is 2.94. The van der Waals surface area contributed by atoms with E-state index in [0.29, 0.717) is 17.9 Å². The number of rotatable bonds is 5. The lowest BCUT2D eigenvalue weighted by molar-refractivity contribution is 0.0934. The van der Waals surface area contributed by atoms with Crippen LogP contribution in [0, 0.1) is 5.82 Å². The summed E-state index contributed by atoms with van der Waals surface area (Å²) < 4.78 is 13.7. The minimum absolute atomic E-state index is 0.191. The van der Waals surface area contributed by atoms with E-state index in [4.69, 9.17) is 0 Å². The fraction of sp³-hybridized carbons (Fsp3) is 0.267. The average molecular weight is 288 g/mol. The van der Waals surface area contributed by atoms with Crippen molar-refractivity contribution in [3.8, 4) is 0 Å². The lowest BCUT2D eigenvalue weighted by Crippen LogP contribution is -2.28. The van der Waals surface area contributed by atoms with Gasteiger partial charge in [-0.15, -0.1) is 0 Å². The molecule has 0 spiro atoms. The molecule has 0 saturated carbocycles. The second-order valence-corrected chi connectivity index (χ2v) is 4.54. The maximum Gasteiger partial charge on any atom is 0.272 e. The molecular formula is C15H17FN4O. The third kappa shape index (κ3) is 3.75. The number of halogens is 1. The molecule has 2 N–H and O–H groups in total. The molecule has 1 aromatic carbocycles. The molecule has 1 aromatic heterocycles. The first-order valence-electron chi connectivity index (χ1n) is 6.73. The van der Waals surface area contributed by atoms with Gasteiger partial charge in [0.15, 0.2) is 0 Å². The van der Waals surface area contributed by atoms with Gasteiger partial charge in [-0.1, -0.05) is 18.2 Å². The van der Waals surface area contributed by atoms with Gasteiger partial charge in [0.25, 0.3) is 5.91 Å².